The lowest BCUT2D eigenvalue weighted by Crippen LogP contribution is -2.27. The molecule has 0 fully saturated rings. The predicted molar refractivity (Wildman–Crippen MR) is 106 cm³/mol. The Morgan fingerprint density at radius 3 is 2.36 bits per heavy atom. The lowest BCUT2D eigenvalue weighted by atomic mass is 9.88. The number of nitrogens with two attached hydrogens (primary N) is 2. The summed E-state index contributed by atoms with van der Waals surface area (Å²) in [7, 11) is 1.74. The molecule has 144 valence electrons. The molecule has 3 rings (SSSR count). The van der Waals surface area contributed by atoms with Crippen molar-refractivity contribution in [2.45, 2.75) is 19.8 Å². The topological polar surface area (TPSA) is 138 Å². The first-order chi connectivity index (χ1) is 13.3. The number of hydrogen-bond acceptors (Lipinski definition) is 6. The zero-order valence-electron chi connectivity index (χ0n) is 15.9. The summed E-state index contributed by atoms with van der Waals surface area (Å²) in [6.07, 6.45) is 8.04. The van der Waals surface area contributed by atoms with E-state index in [2.05, 4.69) is 25.0 Å². The molecular weight excluding hydrogens is 356 g/mol. The molecule has 0 aliphatic heterocycles. The molecule has 9 nitrogen and oxygen atoms in total. The number of carbonyl (C=O) groups is 1. The molecule has 0 aliphatic rings. The molecule has 0 aliphatic carbocycles. The van der Waals surface area contributed by atoms with Crippen molar-refractivity contribution >= 4 is 17.7 Å². The lowest BCUT2D eigenvalue weighted by molar-refractivity contribution is 0.100. The van der Waals surface area contributed by atoms with E-state index in [9.17, 15) is 4.79 Å². The Kier molecular flexibility index (Phi) is 5.44. The van der Waals surface area contributed by atoms with Gasteiger partial charge in [0.25, 0.3) is 5.91 Å². The number of nitrogens with zero attached hydrogens (tertiary/aromatic N) is 6. The SMILES string of the molecule is CC(C)C(C(N)=NC(=O)c1cnn(C)c1)c1ccc(-c2cnc(N)nc2)nc1. The van der Waals surface area contributed by atoms with Gasteiger partial charge in [-0.3, -0.25) is 14.5 Å². The molecule has 0 aromatic carbocycles. The van der Waals surface area contributed by atoms with Crippen LogP contribution in [-0.2, 0) is 7.05 Å². The second-order valence-electron chi connectivity index (χ2n) is 6.77. The van der Waals surface area contributed by atoms with Gasteiger partial charge in [-0.25, -0.2) is 9.97 Å². The smallest absolute Gasteiger partial charge is 0.281 e. The van der Waals surface area contributed by atoms with E-state index in [1.165, 1.54) is 6.20 Å². The number of nitrogen functional groups attached to an aromatic ring is 1. The first-order valence-corrected chi connectivity index (χ1v) is 8.76. The molecule has 3 aromatic heterocycles. The number of aliphatic imine (C=N–C) groups is 1. The fourth-order valence-electron chi connectivity index (χ4n) is 2.91. The number of amides is 1. The maximum Gasteiger partial charge on any atom is 0.281 e. The Morgan fingerprint density at radius 1 is 1.11 bits per heavy atom. The second-order valence-corrected chi connectivity index (χ2v) is 6.77. The molecule has 9 heteroatoms. The van der Waals surface area contributed by atoms with Crippen molar-refractivity contribution in [3.05, 3.63) is 54.2 Å². The van der Waals surface area contributed by atoms with Gasteiger partial charge in [0.05, 0.1) is 17.5 Å². The third kappa shape index (κ3) is 4.20. The summed E-state index contributed by atoms with van der Waals surface area (Å²) >= 11 is 0. The van der Waals surface area contributed by atoms with Crippen molar-refractivity contribution in [1.82, 2.24) is 24.7 Å². The maximum atomic E-state index is 12.3. The predicted octanol–water partition coefficient (Wildman–Crippen LogP) is 1.79. The van der Waals surface area contributed by atoms with Crippen LogP contribution in [0.4, 0.5) is 5.95 Å². The first kappa shape index (κ1) is 19.2. The molecule has 0 saturated carbocycles. The molecule has 1 atom stereocenters. The zero-order valence-corrected chi connectivity index (χ0v) is 15.9. The fraction of sp³-hybridized carbons (Fsp3) is 0.263. The number of aromatic nitrogens is 5. The average molecular weight is 378 g/mol. The number of amidine groups is 1. The van der Waals surface area contributed by atoms with Gasteiger partial charge >= 0.3 is 0 Å². The number of hydrogen-bond donors (Lipinski definition) is 2. The van der Waals surface area contributed by atoms with Gasteiger partial charge in [-0.2, -0.15) is 10.1 Å². The van der Waals surface area contributed by atoms with Crippen LogP contribution in [0, 0.1) is 5.92 Å². The minimum absolute atomic E-state index is 0.123. The fourth-order valence-corrected chi connectivity index (χ4v) is 2.91. The van der Waals surface area contributed by atoms with Crippen LogP contribution in [0.1, 0.15) is 35.7 Å². The highest BCUT2D eigenvalue weighted by Gasteiger charge is 2.22. The lowest BCUT2D eigenvalue weighted by Gasteiger charge is -2.20. The first-order valence-electron chi connectivity index (χ1n) is 8.76. The van der Waals surface area contributed by atoms with E-state index in [-0.39, 0.29) is 23.6 Å². The van der Waals surface area contributed by atoms with Crippen LogP contribution >= 0.6 is 0 Å². The van der Waals surface area contributed by atoms with Crippen LogP contribution in [0.3, 0.4) is 0 Å². The molecule has 1 amide bonds. The van der Waals surface area contributed by atoms with Crippen molar-refractivity contribution in [2.75, 3.05) is 5.73 Å². The van der Waals surface area contributed by atoms with Gasteiger partial charge < -0.3 is 11.5 Å². The Morgan fingerprint density at radius 2 is 1.82 bits per heavy atom. The van der Waals surface area contributed by atoms with E-state index in [4.69, 9.17) is 11.5 Å². The summed E-state index contributed by atoms with van der Waals surface area (Å²) in [6.45, 7) is 4.03. The van der Waals surface area contributed by atoms with Crippen LogP contribution in [0.5, 0.6) is 0 Å². The zero-order chi connectivity index (χ0) is 20.3. The van der Waals surface area contributed by atoms with E-state index >= 15 is 0 Å². The molecule has 1 unspecified atom stereocenters. The Hall–Kier alpha value is -3.62. The number of anilines is 1. The van der Waals surface area contributed by atoms with Crippen molar-refractivity contribution in [1.29, 1.82) is 0 Å². The Bertz CT molecular complexity index is 990. The molecule has 3 aromatic rings. The van der Waals surface area contributed by atoms with E-state index < -0.39 is 5.91 Å². The minimum atomic E-state index is -0.417. The number of rotatable bonds is 5. The molecule has 0 bridgehead atoms. The van der Waals surface area contributed by atoms with Crippen LogP contribution in [-0.4, -0.2) is 36.5 Å². The van der Waals surface area contributed by atoms with Crippen LogP contribution in [0.25, 0.3) is 11.3 Å². The summed E-state index contributed by atoms with van der Waals surface area (Å²) in [6, 6.07) is 3.77. The van der Waals surface area contributed by atoms with Gasteiger partial charge in [0.15, 0.2) is 0 Å². The number of pyridine rings is 1. The van der Waals surface area contributed by atoms with Crippen molar-refractivity contribution < 1.29 is 4.79 Å². The molecule has 3 heterocycles. The molecule has 28 heavy (non-hydrogen) atoms. The van der Waals surface area contributed by atoms with Gasteiger partial charge in [-0.15, -0.1) is 0 Å². The largest absolute Gasteiger partial charge is 0.387 e. The summed E-state index contributed by atoms with van der Waals surface area (Å²) in [5.41, 5.74) is 14.5. The molecular formula is C19H22N8O. The van der Waals surface area contributed by atoms with Crippen LogP contribution in [0.15, 0.2) is 48.1 Å². The van der Waals surface area contributed by atoms with Crippen molar-refractivity contribution in [3.8, 4) is 11.3 Å². The third-order valence-electron chi connectivity index (χ3n) is 4.28. The van der Waals surface area contributed by atoms with Crippen LogP contribution in [0.2, 0.25) is 0 Å². The van der Waals surface area contributed by atoms with Gasteiger partial charge in [-0.1, -0.05) is 19.9 Å². The van der Waals surface area contributed by atoms with E-state index in [1.54, 1.807) is 36.5 Å². The highest BCUT2D eigenvalue weighted by molar-refractivity contribution is 6.04. The standard InChI is InChI=1S/C19H22N8O/c1-11(2)16(17(20)26-18(28)14-9-25-27(3)10-14)12-4-5-15(22-6-12)13-7-23-19(21)24-8-13/h4-11,16H,1-3H3,(H2,20,26,28)(H2,21,23,24). The van der Waals surface area contributed by atoms with Gasteiger partial charge in [0.2, 0.25) is 5.95 Å². The highest BCUT2D eigenvalue weighted by atomic mass is 16.1. The van der Waals surface area contributed by atoms with Gasteiger partial charge in [0, 0.05) is 43.3 Å². The normalized spacial score (nSPS) is 12.9. The summed E-state index contributed by atoms with van der Waals surface area (Å²) in [5, 5.41) is 3.98. The van der Waals surface area contributed by atoms with E-state index in [1.807, 2.05) is 26.0 Å². The van der Waals surface area contributed by atoms with Crippen molar-refractivity contribution in [2.24, 2.45) is 23.7 Å². The van der Waals surface area contributed by atoms with E-state index in [0.717, 1.165) is 11.1 Å². The highest BCUT2D eigenvalue weighted by Crippen LogP contribution is 2.26. The van der Waals surface area contributed by atoms with Crippen molar-refractivity contribution in [3.63, 3.8) is 0 Å². The number of aryl methyl sites for hydroxylation is 1. The average Bonchev–Trinajstić information content (AvgIpc) is 3.09. The summed E-state index contributed by atoms with van der Waals surface area (Å²) in [5.74, 6) is -0.0839. The van der Waals surface area contributed by atoms with Gasteiger partial charge in [0.1, 0.15) is 5.84 Å². The molecule has 0 spiro atoms. The summed E-state index contributed by atoms with van der Waals surface area (Å²) in [4.78, 5) is 28.8. The Balaban J connectivity index is 1.86. The third-order valence-corrected chi connectivity index (χ3v) is 4.28. The van der Waals surface area contributed by atoms with Crippen LogP contribution < -0.4 is 11.5 Å². The Labute approximate surface area is 162 Å². The molecule has 0 radical (unpaired) electrons. The van der Waals surface area contributed by atoms with E-state index in [0.29, 0.717) is 11.3 Å². The monoisotopic (exact) mass is 378 g/mol. The number of carbonyl (C=O) groups excluding carboxylic acids is 1. The summed E-state index contributed by atoms with van der Waals surface area (Å²) < 4.78 is 1.54. The molecule has 0 saturated heterocycles. The minimum Gasteiger partial charge on any atom is -0.387 e. The molecule has 4 N–H and O–H groups in total. The second kappa shape index (κ2) is 7.95. The van der Waals surface area contributed by atoms with Gasteiger partial charge in [-0.05, 0) is 17.5 Å². The quantitative estimate of drug-likeness (QED) is 0.510. The maximum absolute atomic E-state index is 12.3.